The van der Waals surface area contributed by atoms with Crippen LogP contribution in [0.5, 0.6) is 5.75 Å². The summed E-state index contributed by atoms with van der Waals surface area (Å²) in [4.78, 5) is 12.4. The van der Waals surface area contributed by atoms with Crippen LogP contribution < -0.4 is 10.1 Å². The zero-order valence-electron chi connectivity index (χ0n) is 17.3. The molecule has 0 fully saturated rings. The predicted molar refractivity (Wildman–Crippen MR) is 115 cm³/mol. The molecule has 28 heavy (non-hydrogen) atoms. The van der Waals surface area contributed by atoms with E-state index in [-0.39, 0.29) is 11.8 Å². The minimum absolute atomic E-state index is 0.0532. The SMILES string of the molecule is CCCCCC[C@@H](Nc1ccc(OC)cc1)[C@@H](OCc1ccccc1)C(C)=O. The van der Waals surface area contributed by atoms with Gasteiger partial charge in [-0.2, -0.15) is 0 Å². The largest absolute Gasteiger partial charge is 0.497 e. The summed E-state index contributed by atoms with van der Waals surface area (Å²) in [5.41, 5.74) is 2.04. The predicted octanol–water partition coefficient (Wildman–Crippen LogP) is 5.62. The minimum atomic E-state index is -0.482. The molecular formula is C24H33NO3. The Bertz CT molecular complexity index is 685. The maximum Gasteiger partial charge on any atom is 0.160 e. The highest BCUT2D eigenvalue weighted by Gasteiger charge is 2.26. The number of Topliss-reactive ketones (excluding diaryl/α,β-unsaturated/α-hetero) is 1. The number of hydrogen-bond donors (Lipinski definition) is 1. The maximum absolute atomic E-state index is 12.4. The van der Waals surface area contributed by atoms with Crippen molar-refractivity contribution in [1.29, 1.82) is 0 Å². The monoisotopic (exact) mass is 383 g/mol. The normalized spacial score (nSPS) is 13.0. The summed E-state index contributed by atoms with van der Waals surface area (Å²) in [6.07, 6.45) is 5.05. The molecule has 0 saturated carbocycles. The Labute approximate surface area is 169 Å². The Hall–Kier alpha value is -2.33. The van der Waals surface area contributed by atoms with Crippen LogP contribution >= 0.6 is 0 Å². The number of hydrogen-bond acceptors (Lipinski definition) is 4. The van der Waals surface area contributed by atoms with Gasteiger partial charge in [0.05, 0.1) is 19.8 Å². The van der Waals surface area contributed by atoms with E-state index in [0.717, 1.165) is 29.8 Å². The second-order valence-corrected chi connectivity index (χ2v) is 7.16. The fraction of sp³-hybridized carbons (Fsp3) is 0.458. The molecule has 4 nitrogen and oxygen atoms in total. The molecule has 0 saturated heterocycles. The second-order valence-electron chi connectivity index (χ2n) is 7.16. The van der Waals surface area contributed by atoms with Crippen LogP contribution in [-0.4, -0.2) is 25.0 Å². The molecule has 1 N–H and O–H groups in total. The number of unbranched alkanes of at least 4 members (excludes halogenated alkanes) is 3. The first kappa shape index (κ1) is 22.0. The van der Waals surface area contributed by atoms with Crippen LogP contribution in [-0.2, 0) is 16.1 Å². The molecule has 0 aliphatic heterocycles. The van der Waals surface area contributed by atoms with Gasteiger partial charge in [0.25, 0.3) is 0 Å². The standard InChI is InChI=1S/C24H33NO3/c1-4-5-6-10-13-23(25-21-14-16-22(27-3)17-15-21)24(19(2)26)28-18-20-11-8-7-9-12-20/h7-9,11-12,14-17,23-25H,4-6,10,13,18H2,1-3H3/t23-,24+/m1/s1. The molecule has 4 heteroatoms. The highest BCUT2D eigenvalue weighted by molar-refractivity contribution is 5.81. The summed E-state index contributed by atoms with van der Waals surface area (Å²) in [6, 6.07) is 17.7. The Morgan fingerprint density at radius 2 is 1.71 bits per heavy atom. The van der Waals surface area contributed by atoms with Crippen LogP contribution in [0.15, 0.2) is 54.6 Å². The van der Waals surface area contributed by atoms with Gasteiger partial charge in [-0.15, -0.1) is 0 Å². The van der Waals surface area contributed by atoms with Gasteiger partial charge < -0.3 is 14.8 Å². The van der Waals surface area contributed by atoms with Crippen molar-refractivity contribution in [3.63, 3.8) is 0 Å². The van der Waals surface area contributed by atoms with Crippen molar-refractivity contribution in [3.05, 3.63) is 60.2 Å². The highest BCUT2D eigenvalue weighted by Crippen LogP contribution is 2.21. The third kappa shape index (κ3) is 7.35. The molecular weight excluding hydrogens is 350 g/mol. The average Bonchev–Trinajstić information content (AvgIpc) is 2.72. The van der Waals surface area contributed by atoms with Gasteiger partial charge >= 0.3 is 0 Å². The quantitative estimate of drug-likeness (QED) is 0.456. The maximum atomic E-state index is 12.4. The zero-order chi connectivity index (χ0) is 20.2. The molecule has 0 heterocycles. The van der Waals surface area contributed by atoms with E-state index in [2.05, 4.69) is 12.2 Å². The van der Waals surface area contributed by atoms with E-state index in [9.17, 15) is 4.79 Å². The van der Waals surface area contributed by atoms with Gasteiger partial charge in [-0.3, -0.25) is 4.79 Å². The van der Waals surface area contributed by atoms with E-state index in [1.807, 2.05) is 54.6 Å². The summed E-state index contributed by atoms with van der Waals surface area (Å²) >= 11 is 0. The topological polar surface area (TPSA) is 47.6 Å². The number of carbonyl (C=O) groups excluding carboxylic acids is 1. The summed E-state index contributed by atoms with van der Waals surface area (Å²) in [5, 5.41) is 3.52. The van der Waals surface area contributed by atoms with Crippen molar-refractivity contribution in [2.75, 3.05) is 12.4 Å². The fourth-order valence-electron chi connectivity index (χ4n) is 3.27. The first-order valence-electron chi connectivity index (χ1n) is 10.2. The number of benzene rings is 2. The van der Waals surface area contributed by atoms with E-state index in [0.29, 0.717) is 6.61 Å². The van der Waals surface area contributed by atoms with Crippen LogP contribution in [0.4, 0.5) is 5.69 Å². The molecule has 0 bridgehead atoms. The van der Waals surface area contributed by atoms with Crippen molar-refractivity contribution in [2.24, 2.45) is 0 Å². The Balaban J connectivity index is 2.08. The van der Waals surface area contributed by atoms with E-state index < -0.39 is 6.10 Å². The van der Waals surface area contributed by atoms with Crippen molar-refractivity contribution >= 4 is 11.5 Å². The zero-order valence-corrected chi connectivity index (χ0v) is 17.3. The third-order valence-electron chi connectivity index (χ3n) is 4.85. The lowest BCUT2D eigenvalue weighted by Crippen LogP contribution is -2.40. The van der Waals surface area contributed by atoms with Crippen LogP contribution in [0, 0.1) is 0 Å². The number of carbonyl (C=O) groups is 1. The lowest BCUT2D eigenvalue weighted by Gasteiger charge is -2.27. The van der Waals surface area contributed by atoms with Gasteiger partial charge in [0.15, 0.2) is 5.78 Å². The van der Waals surface area contributed by atoms with E-state index in [1.54, 1.807) is 14.0 Å². The van der Waals surface area contributed by atoms with E-state index in [1.165, 1.54) is 19.3 Å². The molecule has 152 valence electrons. The van der Waals surface area contributed by atoms with E-state index in [4.69, 9.17) is 9.47 Å². The van der Waals surface area contributed by atoms with Crippen molar-refractivity contribution in [2.45, 2.75) is 64.7 Å². The smallest absolute Gasteiger partial charge is 0.160 e. The first-order valence-corrected chi connectivity index (χ1v) is 10.2. The summed E-state index contributed by atoms with van der Waals surface area (Å²) < 4.78 is 11.3. The number of nitrogens with one attached hydrogen (secondary N) is 1. The molecule has 0 radical (unpaired) electrons. The van der Waals surface area contributed by atoms with Crippen molar-refractivity contribution in [3.8, 4) is 5.75 Å². The van der Waals surface area contributed by atoms with Crippen molar-refractivity contribution < 1.29 is 14.3 Å². The van der Waals surface area contributed by atoms with Crippen LogP contribution in [0.1, 0.15) is 51.5 Å². The summed E-state index contributed by atoms with van der Waals surface area (Å²) in [6.45, 7) is 4.25. The van der Waals surface area contributed by atoms with Gasteiger partial charge in [-0.1, -0.05) is 62.9 Å². The molecule has 0 spiro atoms. The third-order valence-corrected chi connectivity index (χ3v) is 4.85. The van der Waals surface area contributed by atoms with Gasteiger partial charge in [-0.05, 0) is 43.2 Å². The molecule has 0 aromatic heterocycles. The molecule has 0 amide bonds. The molecule has 2 aromatic rings. The molecule has 2 aromatic carbocycles. The highest BCUT2D eigenvalue weighted by atomic mass is 16.5. The minimum Gasteiger partial charge on any atom is -0.497 e. The Morgan fingerprint density at radius 3 is 2.32 bits per heavy atom. The summed E-state index contributed by atoms with van der Waals surface area (Å²) in [5.74, 6) is 0.867. The Kier molecular flexibility index (Phi) is 9.56. The first-order chi connectivity index (χ1) is 13.6. The Morgan fingerprint density at radius 1 is 1.00 bits per heavy atom. The molecule has 2 rings (SSSR count). The van der Waals surface area contributed by atoms with Gasteiger partial charge in [-0.25, -0.2) is 0 Å². The number of anilines is 1. The van der Waals surface area contributed by atoms with Gasteiger partial charge in [0, 0.05) is 5.69 Å². The van der Waals surface area contributed by atoms with Crippen molar-refractivity contribution in [1.82, 2.24) is 0 Å². The van der Waals surface area contributed by atoms with Gasteiger partial charge in [0.2, 0.25) is 0 Å². The second kappa shape index (κ2) is 12.2. The summed E-state index contributed by atoms with van der Waals surface area (Å²) in [7, 11) is 1.65. The van der Waals surface area contributed by atoms with Crippen LogP contribution in [0.3, 0.4) is 0 Å². The average molecular weight is 384 g/mol. The van der Waals surface area contributed by atoms with E-state index >= 15 is 0 Å². The molecule has 0 aliphatic carbocycles. The lowest BCUT2D eigenvalue weighted by molar-refractivity contribution is -0.130. The number of ether oxygens (including phenoxy) is 2. The molecule has 2 atom stereocenters. The molecule has 0 aliphatic rings. The van der Waals surface area contributed by atoms with Crippen LogP contribution in [0.25, 0.3) is 0 Å². The molecule has 0 unspecified atom stereocenters. The fourth-order valence-corrected chi connectivity index (χ4v) is 3.27. The van der Waals surface area contributed by atoms with Gasteiger partial charge in [0.1, 0.15) is 11.9 Å². The number of ketones is 1. The number of rotatable bonds is 13. The van der Waals surface area contributed by atoms with Crippen LogP contribution in [0.2, 0.25) is 0 Å². The lowest BCUT2D eigenvalue weighted by atomic mass is 9.99. The number of methoxy groups -OCH3 is 1.